The number of carbonyl (C=O) groups is 1. The zero-order chi connectivity index (χ0) is 20.5. The van der Waals surface area contributed by atoms with E-state index in [1.165, 1.54) is 12.1 Å². The summed E-state index contributed by atoms with van der Waals surface area (Å²) in [5.74, 6) is -0.481. The highest BCUT2D eigenvalue weighted by molar-refractivity contribution is 6.05. The third-order valence-electron chi connectivity index (χ3n) is 5.08. The Bertz CT molecular complexity index is 1370. The van der Waals surface area contributed by atoms with Crippen molar-refractivity contribution in [1.29, 1.82) is 0 Å². The predicted molar refractivity (Wildman–Crippen MR) is 116 cm³/mol. The Hall–Kier alpha value is -4.13. The summed E-state index contributed by atoms with van der Waals surface area (Å²) in [6.45, 7) is 0.672. The molecule has 0 atom stereocenters. The van der Waals surface area contributed by atoms with E-state index in [9.17, 15) is 9.18 Å². The van der Waals surface area contributed by atoms with Crippen LogP contribution in [0.15, 0.2) is 79.3 Å². The van der Waals surface area contributed by atoms with Gasteiger partial charge in [0.15, 0.2) is 0 Å². The molecule has 148 valence electrons. The van der Waals surface area contributed by atoms with Gasteiger partial charge < -0.3 is 20.2 Å². The number of rotatable bonds is 4. The fraction of sp³-hybridized carbons (Fsp3) is 0.0435. The number of para-hydroxylation sites is 1. The fourth-order valence-electron chi connectivity index (χ4n) is 3.65. The number of hydrogen-bond donors (Lipinski definition) is 3. The van der Waals surface area contributed by atoms with Gasteiger partial charge in [0.2, 0.25) is 0 Å². The number of nitrogens with one attached hydrogen (secondary N) is 3. The highest BCUT2D eigenvalue weighted by atomic mass is 19.1. The zero-order valence-corrected chi connectivity index (χ0v) is 15.9. The van der Waals surface area contributed by atoms with Crippen LogP contribution in [0.4, 0.5) is 20.6 Å². The highest BCUT2D eigenvalue weighted by Gasteiger charge is 2.11. The maximum atomic E-state index is 13.8. The smallest absolute Gasteiger partial charge is 0.323 e. The minimum Gasteiger partial charge on any atom is -0.346 e. The molecule has 0 aliphatic rings. The van der Waals surface area contributed by atoms with Crippen molar-refractivity contribution in [3.8, 4) is 0 Å². The first-order chi connectivity index (χ1) is 14.7. The molecule has 0 saturated heterocycles. The molecule has 2 amide bonds. The van der Waals surface area contributed by atoms with Gasteiger partial charge in [0.05, 0.1) is 16.9 Å². The van der Waals surface area contributed by atoms with Crippen molar-refractivity contribution < 1.29 is 9.18 Å². The van der Waals surface area contributed by atoms with E-state index in [0.717, 1.165) is 27.5 Å². The monoisotopic (exact) mass is 399 g/mol. The van der Waals surface area contributed by atoms with Crippen LogP contribution >= 0.6 is 0 Å². The molecule has 0 bridgehead atoms. The Morgan fingerprint density at radius 1 is 0.967 bits per heavy atom. The first-order valence-corrected chi connectivity index (χ1v) is 9.50. The number of benzene rings is 2. The summed E-state index contributed by atoms with van der Waals surface area (Å²) in [5.41, 5.74) is 3.78. The van der Waals surface area contributed by atoms with Gasteiger partial charge in [-0.15, -0.1) is 0 Å². The molecule has 2 aromatic carbocycles. The zero-order valence-electron chi connectivity index (χ0n) is 15.9. The van der Waals surface area contributed by atoms with E-state index in [1.54, 1.807) is 18.3 Å². The summed E-state index contributed by atoms with van der Waals surface area (Å²) < 4.78 is 15.9. The third kappa shape index (κ3) is 3.26. The minimum absolute atomic E-state index is 0.132. The third-order valence-corrected chi connectivity index (χ3v) is 5.08. The Morgan fingerprint density at radius 2 is 1.80 bits per heavy atom. The molecule has 0 aliphatic carbocycles. The normalized spacial score (nSPS) is 11.1. The van der Waals surface area contributed by atoms with E-state index < -0.39 is 11.8 Å². The molecule has 5 rings (SSSR count). The predicted octanol–water partition coefficient (Wildman–Crippen LogP) is 5.35. The lowest BCUT2D eigenvalue weighted by atomic mass is 10.2. The molecule has 0 fully saturated rings. The lowest BCUT2D eigenvalue weighted by molar-refractivity contribution is 0.262. The topological polar surface area (TPSA) is 74.7 Å². The van der Waals surface area contributed by atoms with Crippen molar-refractivity contribution in [3.05, 3.63) is 90.6 Å². The van der Waals surface area contributed by atoms with Crippen LogP contribution in [0.3, 0.4) is 0 Å². The first kappa shape index (κ1) is 17.9. The van der Waals surface area contributed by atoms with Crippen molar-refractivity contribution in [1.82, 2.24) is 14.5 Å². The number of nitrogens with zero attached hydrogens (tertiary/aromatic N) is 2. The molecular weight excluding hydrogens is 381 g/mol. The molecule has 0 aliphatic heterocycles. The van der Waals surface area contributed by atoms with E-state index in [2.05, 4.69) is 25.2 Å². The van der Waals surface area contributed by atoms with Gasteiger partial charge >= 0.3 is 6.03 Å². The van der Waals surface area contributed by atoms with Crippen LogP contribution in [0.1, 0.15) is 5.56 Å². The Labute approximate surface area is 171 Å². The number of urea groups is 1. The lowest BCUT2D eigenvalue weighted by Gasteiger charge is -2.11. The molecule has 3 heterocycles. The van der Waals surface area contributed by atoms with E-state index in [0.29, 0.717) is 12.2 Å². The summed E-state index contributed by atoms with van der Waals surface area (Å²) in [6.07, 6.45) is 5.66. The van der Waals surface area contributed by atoms with Crippen LogP contribution in [0.5, 0.6) is 0 Å². The van der Waals surface area contributed by atoms with Crippen molar-refractivity contribution in [2.75, 3.05) is 10.6 Å². The van der Waals surface area contributed by atoms with Crippen LogP contribution in [0.2, 0.25) is 0 Å². The number of carbonyl (C=O) groups excluding carboxylic acids is 1. The standard InChI is InChI=1S/C23H18FN5O/c24-18-4-1-2-5-20(18)28-23(30)27-19-6-3-7-21-17(19)10-13-29(21)14-15-8-11-25-22-16(15)9-12-26-22/h1-13H,14H2,(H,25,26)(H2,27,28,30). The molecule has 30 heavy (non-hydrogen) atoms. The van der Waals surface area contributed by atoms with Gasteiger partial charge in [0, 0.05) is 35.9 Å². The molecule has 0 radical (unpaired) electrons. The number of halogens is 1. The second kappa shape index (κ2) is 7.36. The van der Waals surface area contributed by atoms with Crippen molar-refractivity contribution in [2.45, 2.75) is 6.54 Å². The van der Waals surface area contributed by atoms with Crippen LogP contribution in [0, 0.1) is 5.82 Å². The summed E-state index contributed by atoms with van der Waals surface area (Å²) in [6, 6.07) is 17.3. The number of pyridine rings is 1. The number of aromatic nitrogens is 3. The van der Waals surface area contributed by atoms with Crippen LogP contribution in [0.25, 0.3) is 21.9 Å². The number of aromatic amines is 1. The summed E-state index contributed by atoms with van der Waals surface area (Å²) in [4.78, 5) is 19.9. The van der Waals surface area contributed by atoms with Gasteiger partial charge in [0.25, 0.3) is 0 Å². The highest BCUT2D eigenvalue weighted by Crippen LogP contribution is 2.27. The molecule has 0 unspecified atom stereocenters. The summed E-state index contributed by atoms with van der Waals surface area (Å²) in [7, 11) is 0. The van der Waals surface area contributed by atoms with Crippen molar-refractivity contribution in [2.24, 2.45) is 0 Å². The Kier molecular flexibility index (Phi) is 4.40. The van der Waals surface area contributed by atoms with E-state index >= 15 is 0 Å². The Morgan fingerprint density at radius 3 is 2.70 bits per heavy atom. The number of hydrogen-bond acceptors (Lipinski definition) is 2. The SMILES string of the molecule is O=C(Nc1ccccc1F)Nc1cccc2c1ccn2Cc1ccnc2[nH]ccc12. The first-order valence-electron chi connectivity index (χ1n) is 9.50. The molecule has 6 nitrogen and oxygen atoms in total. The largest absolute Gasteiger partial charge is 0.346 e. The summed E-state index contributed by atoms with van der Waals surface area (Å²) >= 11 is 0. The van der Waals surface area contributed by atoms with Crippen LogP contribution < -0.4 is 10.6 Å². The van der Waals surface area contributed by atoms with Gasteiger partial charge in [-0.2, -0.15) is 0 Å². The second-order valence-electron chi connectivity index (χ2n) is 6.95. The maximum absolute atomic E-state index is 13.8. The van der Waals surface area contributed by atoms with Crippen LogP contribution in [-0.4, -0.2) is 20.6 Å². The summed E-state index contributed by atoms with van der Waals surface area (Å²) in [5, 5.41) is 7.35. The second-order valence-corrected chi connectivity index (χ2v) is 6.95. The molecule has 3 aromatic heterocycles. The number of H-pyrrole nitrogens is 1. The van der Waals surface area contributed by atoms with Gasteiger partial charge in [0.1, 0.15) is 11.5 Å². The molecular formula is C23H18FN5O. The number of anilines is 2. The van der Waals surface area contributed by atoms with Gasteiger partial charge in [-0.3, -0.25) is 0 Å². The van der Waals surface area contributed by atoms with Crippen molar-refractivity contribution in [3.63, 3.8) is 0 Å². The average molecular weight is 399 g/mol. The van der Waals surface area contributed by atoms with Gasteiger partial charge in [-0.25, -0.2) is 14.2 Å². The molecule has 0 spiro atoms. The van der Waals surface area contributed by atoms with Crippen LogP contribution in [-0.2, 0) is 6.54 Å². The van der Waals surface area contributed by atoms with E-state index in [1.807, 2.05) is 48.8 Å². The van der Waals surface area contributed by atoms with Gasteiger partial charge in [-0.05, 0) is 48.0 Å². The molecule has 3 N–H and O–H groups in total. The van der Waals surface area contributed by atoms with E-state index in [4.69, 9.17) is 0 Å². The fourth-order valence-corrected chi connectivity index (χ4v) is 3.65. The number of amides is 2. The molecule has 7 heteroatoms. The number of fused-ring (bicyclic) bond motifs is 2. The molecule has 0 saturated carbocycles. The average Bonchev–Trinajstić information content (AvgIpc) is 3.38. The quantitative estimate of drug-likeness (QED) is 0.381. The van der Waals surface area contributed by atoms with Crippen molar-refractivity contribution >= 4 is 39.3 Å². The van der Waals surface area contributed by atoms with E-state index in [-0.39, 0.29) is 5.69 Å². The Balaban J connectivity index is 1.41. The van der Waals surface area contributed by atoms with Gasteiger partial charge in [-0.1, -0.05) is 18.2 Å². The molecule has 5 aromatic rings. The maximum Gasteiger partial charge on any atom is 0.323 e. The lowest BCUT2D eigenvalue weighted by Crippen LogP contribution is -2.20. The minimum atomic E-state index is -0.497.